The van der Waals surface area contributed by atoms with Crippen LogP contribution in [0.1, 0.15) is 24.0 Å². The lowest BCUT2D eigenvalue weighted by atomic mass is 10.0. The molecule has 3 N–H and O–H groups in total. The number of hydrogen-bond donors (Lipinski definition) is 2. The van der Waals surface area contributed by atoms with Crippen LogP contribution in [0.15, 0.2) is 12.1 Å². The lowest BCUT2D eigenvalue weighted by Gasteiger charge is -2.11. The highest BCUT2D eigenvalue weighted by molar-refractivity contribution is 6.30. The van der Waals surface area contributed by atoms with Crippen molar-refractivity contribution in [1.29, 1.82) is 0 Å². The van der Waals surface area contributed by atoms with Crippen LogP contribution in [-0.4, -0.2) is 13.0 Å². The molecule has 0 fully saturated rings. The molecule has 5 heteroatoms. The van der Waals surface area contributed by atoms with Gasteiger partial charge in [0.1, 0.15) is 5.75 Å². The smallest absolute Gasteiger partial charge is 0.233 e. The van der Waals surface area contributed by atoms with Crippen molar-refractivity contribution in [2.24, 2.45) is 5.84 Å². The van der Waals surface area contributed by atoms with Crippen LogP contribution in [-0.2, 0) is 11.2 Å². The van der Waals surface area contributed by atoms with Gasteiger partial charge in [-0.2, -0.15) is 0 Å². The Morgan fingerprint density at radius 2 is 2.24 bits per heavy atom. The summed E-state index contributed by atoms with van der Waals surface area (Å²) in [6.07, 6.45) is 1.84. The third kappa shape index (κ3) is 3.91. The zero-order chi connectivity index (χ0) is 12.8. The summed E-state index contributed by atoms with van der Waals surface area (Å²) in [6.45, 7) is 1.95. The number of hydrazine groups is 1. The van der Waals surface area contributed by atoms with Crippen LogP contribution in [0.2, 0.25) is 5.02 Å². The van der Waals surface area contributed by atoms with E-state index in [1.165, 1.54) is 0 Å². The molecule has 0 aliphatic rings. The lowest BCUT2D eigenvalue weighted by Crippen LogP contribution is -2.29. The summed E-state index contributed by atoms with van der Waals surface area (Å²) >= 11 is 5.99. The van der Waals surface area contributed by atoms with E-state index in [9.17, 15) is 4.79 Å². The molecule has 1 rings (SSSR count). The van der Waals surface area contributed by atoms with Crippen molar-refractivity contribution in [1.82, 2.24) is 5.43 Å². The van der Waals surface area contributed by atoms with Gasteiger partial charge in [0.25, 0.3) is 0 Å². The Bertz CT molecular complexity index is 408. The van der Waals surface area contributed by atoms with Crippen molar-refractivity contribution in [3.05, 3.63) is 28.3 Å². The van der Waals surface area contributed by atoms with Crippen molar-refractivity contribution >= 4 is 17.5 Å². The number of rotatable bonds is 5. The molecule has 0 unspecified atom stereocenters. The summed E-state index contributed by atoms with van der Waals surface area (Å²) in [5.41, 5.74) is 4.12. The molecular weight excluding hydrogens is 240 g/mol. The molecular formula is C12H17ClN2O2. The number of amides is 1. The van der Waals surface area contributed by atoms with E-state index in [1.54, 1.807) is 7.11 Å². The lowest BCUT2D eigenvalue weighted by molar-refractivity contribution is -0.121. The maximum absolute atomic E-state index is 11.0. The average molecular weight is 257 g/mol. The molecule has 0 aliphatic heterocycles. The minimum atomic E-state index is -0.164. The number of halogens is 1. The van der Waals surface area contributed by atoms with Crippen LogP contribution in [0.3, 0.4) is 0 Å². The third-order valence-electron chi connectivity index (χ3n) is 2.53. The minimum absolute atomic E-state index is 0.164. The predicted octanol–water partition coefficient (Wildman–Crippen LogP) is 1.97. The first-order valence-electron chi connectivity index (χ1n) is 5.41. The fraction of sp³-hybridized carbons (Fsp3) is 0.417. The first-order valence-corrected chi connectivity index (χ1v) is 5.78. The van der Waals surface area contributed by atoms with Gasteiger partial charge in [0.05, 0.1) is 7.11 Å². The molecule has 0 heterocycles. The molecule has 0 atom stereocenters. The van der Waals surface area contributed by atoms with Crippen LogP contribution in [0.25, 0.3) is 0 Å². The molecule has 4 nitrogen and oxygen atoms in total. The molecule has 1 amide bonds. The SMILES string of the molecule is COc1c(C)cc(Cl)cc1CCCC(=O)NN. The molecule has 17 heavy (non-hydrogen) atoms. The van der Waals surface area contributed by atoms with E-state index in [2.05, 4.69) is 5.43 Å². The Hall–Kier alpha value is -1.26. The Kier molecular flexibility index (Phi) is 5.25. The molecule has 0 aliphatic carbocycles. The molecule has 1 aromatic carbocycles. The van der Waals surface area contributed by atoms with Crippen LogP contribution in [0.5, 0.6) is 5.75 Å². The van der Waals surface area contributed by atoms with Gasteiger partial charge >= 0.3 is 0 Å². The number of aryl methyl sites for hydroxylation is 2. The number of benzene rings is 1. The molecule has 0 aromatic heterocycles. The first-order chi connectivity index (χ1) is 8.08. The van der Waals surface area contributed by atoms with E-state index in [0.29, 0.717) is 17.9 Å². The summed E-state index contributed by atoms with van der Waals surface area (Å²) in [5.74, 6) is 5.68. The number of nitrogens with two attached hydrogens (primary N) is 1. The summed E-state index contributed by atoms with van der Waals surface area (Å²) in [6, 6.07) is 3.73. The number of carbonyl (C=O) groups excluding carboxylic acids is 1. The molecule has 94 valence electrons. The number of methoxy groups -OCH3 is 1. The Morgan fingerprint density at radius 1 is 1.53 bits per heavy atom. The Morgan fingerprint density at radius 3 is 2.82 bits per heavy atom. The van der Waals surface area contributed by atoms with Crippen molar-refractivity contribution in [2.45, 2.75) is 26.2 Å². The second-order valence-corrected chi connectivity index (χ2v) is 4.27. The van der Waals surface area contributed by atoms with Gasteiger partial charge in [0, 0.05) is 11.4 Å². The van der Waals surface area contributed by atoms with E-state index in [0.717, 1.165) is 23.3 Å². The highest BCUT2D eigenvalue weighted by atomic mass is 35.5. The van der Waals surface area contributed by atoms with E-state index >= 15 is 0 Å². The molecule has 1 aromatic rings. The van der Waals surface area contributed by atoms with Crippen LogP contribution in [0, 0.1) is 6.92 Å². The first kappa shape index (κ1) is 13.8. The molecule has 0 radical (unpaired) electrons. The molecule has 0 saturated carbocycles. The van der Waals surface area contributed by atoms with Crippen molar-refractivity contribution in [3.63, 3.8) is 0 Å². The highest BCUT2D eigenvalue weighted by Crippen LogP contribution is 2.28. The monoisotopic (exact) mass is 256 g/mol. The van der Waals surface area contributed by atoms with Gasteiger partial charge in [0.2, 0.25) is 5.91 Å². The Balaban J connectivity index is 2.72. The van der Waals surface area contributed by atoms with Gasteiger partial charge in [-0.25, -0.2) is 5.84 Å². The van der Waals surface area contributed by atoms with Crippen LogP contribution in [0.4, 0.5) is 0 Å². The second kappa shape index (κ2) is 6.47. The number of ether oxygens (including phenoxy) is 1. The molecule has 0 spiro atoms. The van der Waals surface area contributed by atoms with Gasteiger partial charge in [-0.05, 0) is 43.0 Å². The van der Waals surface area contributed by atoms with Crippen LogP contribution >= 0.6 is 11.6 Å². The minimum Gasteiger partial charge on any atom is -0.496 e. The third-order valence-corrected chi connectivity index (χ3v) is 2.75. The standard InChI is InChI=1S/C12H17ClN2O2/c1-8-6-10(13)7-9(12(8)17-2)4-3-5-11(16)15-14/h6-7H,3-5,14H2,1-2H3,(H,15,16). The maximum Gasteiger partial charge on any atom is 0.233 e. The summed E-state index contributed by atoms with van der Waals surface area (Å²) in [4.78, 5) is 11.0. The van der Waals surface area contributed by atoms with E-state index in [4.69, 9.17) is 22.2 Å². The van der Waals surface area contributed by atoms with Crippen molar-refractivity contribution in [2.75, 3.05) is 7.11 Å². The van der Waals surface area contributed by atoms with Gasteiger partial charge in [-0.3, -0.25) is 10.2 Å². The van der Waals surface area contributed by atoms with Gasteiger partial charge in [0.15, 0.2) is 0 Å². The van der Waals surface area contributed by atoms with E-state index in [1.807, 2.05) is 19.1 Å². The van der Waals surface area contributed by atoms with Crippen molar-refractivity contribution < 1.29 is 9.53 Å². The van der Waals surface area contributed by atoms with Gasteiger partial charge < -0.3 is 4.74 Å². The largest absolute Gasteiger partial charge is 0.496 e. The normalized spacial score (nSPS) is 10.1. The number of nitrogens with one attached hydrogen (secondary N) is 1. The summed E-state index contributed by atoms with van der Waals surface area (Å²) in [5, 5.41) is 0.682. The summed E-state index contributed by atoms with van der Waals surface area (Å²) in [7, 11) is 1.63. The zero-order valence-corrected chi connectivity index (χ0v) is 10.8. The number of hydrogen-bond acceptors (Lipinski definition) is 3. The second-order valence-electron chi connectivity index (χ2n) is 3.84. The van der Waals surface area contributed by atoms with Gasteiger partial charge in [-0.1, -0.05) is 11.6 Å². The van der Waals surface area contributed by atoms with Crippen LogP contribution < -0.4 is 16.0 Å². The fourth-order valence-corrected chi connectivity index (χ4v) is 2.08. The molecule has 0 bridgehead atoms. The van der Waals surface area contributed by atoms with E-state index in [-0.39, 0.29) is 5.91 Å². The molecule has 0 saturated heterocycles. The predicted molar refractivity (Wildman–Crippen MR) is 68.0 cm³/mol. The average Bonchev–Trinajstić information content (AvgIpc) is 2.28. The fourth-order valence-electron chi connectivity index (χ4n) is 1.79. The van der Waals surface area contributed by atoms with Crippen molar-refractivity contribution in [3.8, 4) is 5.75 Å². The Labute approximate surface area is 106 Å². The van der Waals surface area contributed by atoms with E-state index < -0.39 is 0 Å². The van der Waals surface area contributed by atoms with Gasteiger partial charge in [-0.15, -0.1) is 0 Å². The topological polar surface area (TPSA) is 64.3 Å². The summed E-state index contributed by atoms with van der Waals surface area (Å²) < 4.78 is 5.33. The zero-order valence-electron chi connectivity index (χ0n) is 10.0. The highest BCUT2D eigenvalue weighted by Gasteiger charge is 2.08. The number of carbonyl (C=O) groups is 1. The maximum atomic E-state index is 11.0. The quantitative estimate of drug-likeness (QED) is 0.481.